The van der Waals surface area contributed by atoms with Crippen molar-refractivity contribution in [3.63, 3.8) is 0 Å². The summed E-state index contributed by atoms with van der Waals surface area (Å²) in [5.41, 5.74) is 0. The van der Waals surface area contributed by atoms with Crippen LogP contribution in [0.1, 0.15) is 13.8 Å². The van der Waals surface area contributed by atoms with Gasteiger partial charge in [0.15, 0.2) is 0 Å². The molecule has 1 saturated heterocycles. The van der Waals surface area contributed by atoms with E-state index in [1.165, 1.54) is 33.9 Å². The fraction of sp³-hybridized carbons (Fsp3) is 1.00. The average Bonchev–Trinajstić information content (AvgIpc) is 1.82. The van der Waals surface area contributed by atoms with Gasteiger partial charge in [-0.15, -0.1) is 0 Å². The van der Waals surface area contributed by atoms with Crippen molar-refractivity contribution in [2.75, 3.05) is 13.1 Å². The van der Waals surface area contributed by atoms with E-state index in [2.05, 4.69) is 23.0 Å². The molecule has 4 heteroatoms. The molecule has 0 saturated carbocycles. The molecule has 2 atom stereocenters. The second kappa shape index (κ2) is 3.17. The Balaban J connectivity index is 2.49. The van der Waals surface area contributed by atoms with Crippen LogP contribution in [0.15, 0.2) is 0 Å². The van der Waals surface area contributed by atoms with Gasteiger partial charge in [0.2, 0.25) is 0 Å². The van der Waals surface area contributed by atoms with Gasteiger partial charge in [-0.1, -0.05) is 0 Å². The first-order chi connectivity index (χ1) is 4.61. The van der Waals surface area contributed by atoms with Crippen molar-refractivity contribution in [3.8, 4) is 0 Å². The Morgan fingerprint density at radius 2 is 1.50 bits per heavy atom. The molecular formula is C6H18N2Si2. The Kier molecular flexibility index (Phi) is 2.68. The number of hydrogen-bond acceptors (Lipinski definition) is 2. The molecule has 10 heavy (non-hydrogen) atoms. The van der Waals surface area contributed by atoms with Crippen molar-refractivity contribution in [1.82, 2.24) is 9.13 Å². The van der Waals surface area contributed by atoms with Gasteiger partial charge >= 0.3 is 0 Å². The molecule has 0 radical (unpaired) electrons. The van der Waals surface area contributed by atoms with Crippen LogP contribution in [0.25, 0.3) is 0 Å². The van der Waals surface area contributed by atoms with E-state index in [4.69, 9.17) is 0 Å². The van der Waals surface area contributed by atoms with Gasteiger partial charge in [0.05, 0.1) is 20.8 Å². The average molecular weight is 174 g/mol. The maximum atomic E-state index is 2.61. The molecule has 1 aliphatic heterocycles. The number of piperazine rings is 1. The highest BCUT2D eigenvalue weighted by atomic mass is 28.2. The van der Waals surface area contributed by atoms with Crippen LogP contribution in [0, 0.1) is 0 Å². The quantitative estimate of drug-likeness (QED) is 0.390. The van der Waals surface area contributed by atoms with Crippen molar-refractivity contribution < 1.29 is 0 Å². The summed E-state index contributed by atoms with van der Waals surface area (Å²) in [7, 11) is 2.47. The van der Waals surface area contributed by atoms with Crippen LogP contribution in [0.2, 0.25) is 0 Å². The highest BCUT2D eigenvalue weighted by Gasteiger charge is 2.22. The van der Waals surface area contributed by atoms with Crippen molar-refractivity contribution in [1.29, 1.82) is 0 Å². The molecule has 0 aliphatic carbocycles. The summed E-state index contributed by atoms with van der Waals surface area (Å²) in [6.07, 6.45) is 0. The lowest BCUT2D eigenvalue weighted by molar-refractivity contribution is 0.166. The lowest BCUT2D eigenvalue weighted by atomic mass is 10.2. The molecule has 0 N–H and O–H groups in total. The minimum absolute atomic E-state index is 0.813. The van der Waals surface area contributed by atoms with Gasteiger partial charge in [-0.25, -0.2) is 0 Å². The van der Waals surface area contributed by atoms with Crippen molar-refractivity contribution in [2.24, 2.45) is 0 Å². The van der Waals surface area contributed by atoms with Crippen LogP contribution < -0.4 is 0 Å². The van der Waals surface area contributed by atoms with E-state index in [0.29, 0.717) is 0 Å². The van der Waals surface area contributed by atoms with Crippen LogP contribution >= 0.6 is 0 Å². The summed E-state index contributed by atoms with van der Waals surface area (Å²) in [5, 5.41) is 0. The van der Waals surface area contributed by atoms with Crippen LogP contribution in [0.3, 0.4) is 0 Å². The van der Waals surface area contributed by atoms with Crippen LogP contribution in [-0.4, -0.2) is 55.1 Å². The van der Waals surface area contributed by atoms with E-state index in [9.17, 15) is 0 Å². The molecule has 0 aromatic rings. The Morgan fingerprint density at radius 1 is 1.10 bits per heavy atom. The molecule has 1 fully saturated rings. The van der Waals surface area contributed by atoms with Crippen molar-refractivity contribution in [3.05, 3.63) is 0 Å². The molecule has 0 unspecified atom stereocenters. The molecule has 1 heterocycles. The van der Waals surface area contributed by atoms with E-state index < -0.39 is 0 Å². The van der Waals surface area contributed by atoms with Gasteiger partial charge in [-0.05, 0) is 13.8 Å². The smallest absolute Gasteiger partial charge is 0.0792 e. The topological polar surface area (TPSA) is 6.48 Å². The zero-order valence-electron chi connectivity index (χ0n) is 7.46. The summed E-state index contributed by atoms with van der Waals surface area (Å²) in [5.74, 6) is 0. The lowest BCUT2D eigenvalue weighted by Crippen LogP contribution is -2.54. The second-order valence-electron chi connectivity index (χ2n) is 3.58. The zero-order chi connectivity index (χ0) is 7.72. The molecule has 60 valence electrons. The van der Waals surface area contributed by atoms with Gasteiger partial charge in [-0.2, -0.15) is 0 Å². The van der Waals surface area contributed by atoms with E-state index in [0.717, 1.165) is 12.1 Å². The molecule has 1 aliphatic rings. The molecule has 0 aromatic carbocycles. The molecule has 2 nitrogen and oxygen atoms in total. The van der Waals surface area contributed by atoms with Crippen molar-refractivity contribution in [2.45, 2.75) is 25.9 Å². The lowest BCUT2D eigenvalue weighted by Gasteiger charge is -2.41. The Bertz CT molecular complexity index is 108. The first kappa shape index (κ1) is 8.45. The Labute approximate surface area is 69.6 Å². The molecule has 0 spiro atoms. The fourth-order valence-corrected chi connectivity index (χ4v) is 3.05. The predicted octanol–water partition coefficient (Wildman–Crippen LogP) is -2.06. The fourth-order valence-electron chi connectivity index (χ4n) is 1.67. The van der Waals surface area contributed by atoms with E-state index in [-0.39, 0.29) is 0 Å². The maximum absolute atomic E-state index is 2.61. The number of nitrogens with zero attached hydrogens (tertiary/aromatic N) is 2. The molecule has 0 amide bonds. The SMILES string of the molecule is C[C@H]1CN([SiH3])C[C@H](C)N1[SiH3]. The first-order valence-corrected chi connectivity index (χ1v) is 5.80. The third-order valence-electron chi connectivity index (χ3n) is 2.54. The minimum Gasteiger partial charge on any atom is -0.329 e. The standard InChI is InChI=1S/C6H18N2Si2/c1-5-3-7(9)4-6(2)8(5)10/h5-6H,3-4H2,1-2,9-10H3/t5-,6-/m0/s1. The maximum Gasteiger partial charge on any atom is 0.0792 e. The monoisotopic (exact) mass is 174 g/mol. The molecular weight excluding hydrogens is 156 g/mol. The third-order valence-corrected chi connectivity index (χ3v) is 5.04. The minimum atomic E-state index is 0.813. The van der Waals surface area contributed by atoms with Gasteiger partial charge in [0.25, 0.3) is 0 Å². The zero-order valence-corrected chi connectivity index (χ0v) is 11.5. The van der Waals surface area contributed by atoms with Gasteiger partial charge in [0, 0.05) is 25.2 Å². The highest BCUT2D eigenvalue weighted by Crippen LogP contribution is 2.09. The number of hydrogen-bond donors (Lipinski definition) is 0. The predicted molar refractivity (Wildman–Crippen MR) is 52.2 cm³/mol. The number of rotatable bonds is 0. The summed E-state index contributed by atoms with van der Waals surface area (Å²) < 4.78 is 5.16. The summed E-state index contributed by atoms with van der Waals surface area (Å²) in [4.78, 5) is 0. The van der Waals surface area contributed by atoms with Crippen LogP contribution in [0.5, 0.6) is 0 Å². The van der Waals surface area contributed by atoms with Gasteiger partial charge in [-0.3, -0.25) is 0 Å². The van der Waals surface area contributed by atoms with E-state index >= 15 is 0 Å². The first-order valence-electron chi connectivity index (χ1n) is 4.01. The largest absolute Gasteiger partial charge is 0.329 e. The Hall–Kier alpha value is 0.354. The van der Waals surface area contributed by atoms with Crippen LogP contribution in [0.4, 0.5) is 0 Å². The van der Waals surface area contributed by atoms with Crippen molar-refractivity contribution >= 4 is 20.8 Å². The normalized spacial score (nSPS) is 39.0. The third kappa shape index (κ3) is 1.69. The summed E-state index contributed by atoms with van der Waals surface area (Å²) >= 11 is 0. The van der Waals surface area contributed by atoms with Crippen LogP contribution in [-0.2, 0) is 0 Å². The molecule has 0 bridgehead atoms. The van der Waals surface area contributed by atoms with Gasteiger partial charge in [0.1, 0.15) is 0 Å². The summed E-state index contributed by atoms with van der Waals surface area (Å²) in [6.45, 7) is 7.29. The highest BCUT2D eigenvalue weighted by molar-refractivity contribution is 6.06. The van der Waals surface area contributed by atoms with Gasteiger partial charge < -0.3 is 9.13 Å². The van der Waals surface area contributed by atoms with E-state index in [1.807, 2.05) is 0 Å². The molecule has 1 rings (SSSR count). The Morgan fingerprint density at radius 3 is 1.90 bits per heavy atom. The summed E-state index contributed by atoms with van der Waals surface area (Å²) in [6, 6.07) is 1.63. The molecule has 0 aromatic heterocycles. The second-order valence-corrected chi connectivity index (χ2v) is 5.88. The van der Waals surface area contributed by atoms with E-state index in [1.54, 1.807) is 0 Å².